The van der Waals surface area contributed by atoms with Gasteiger partial charge in [0.2, 0.25) is 10.0 Å². The third kappa shape index (κ3) is 6.15. The third-order valence-corrected chi connectivity index (χ3v) is 8.17. The molecule has 0 aliphatic carbocycles. The molecule has 174 valence electrons. The summed E-state index contributed by atoms with van der Waals surface area (Å²) < 4.78 is 33.5. The highest BCUT2D eigenvalue weighted by Crippen LogP contribution is 2.28. The molecule has 0 N–H and O–H groups in total. The molecule has 0 spiro atoms. The first-order valence-corrected chi connectivity index (χ1v) is 13.0. The first-order chi connectivity index (χ1) is 15.9. The number of benzene rings is 3. The molecule has 0 amide bonds. The molecular weight excluding hydrogens is 479 g/mol. The van der Waals surface area contributed by atoms with E-state index in [0.29, 0.717) is 47.7 Å². The predicted octanol–water partition coefficient (Wildman–Crippen LogP) is 5.11. The molecule has 0 aromatic heterocycles. The molecule has 1 saturated heterocycles. The van der Waals surface area contributed by atoms with Crippen LogP contribution < -0.4 is 0 Å². The third-order valence-electron chi connectivity index (χ3n) is 5.75. The van der Waals surface area contributed by atoms with Gasteiger partial charge in [0.25, 0.3) is 0 Å². The molecular formula is C25H26Cl2N2O3S. The standard InChI is InChI=1S/C25H26Cl2N2O3S/c26-22-10-6-20(7-11-22)25(21-8-12-23(27)13-9-21)32-19-18-28-14-16-29(17-15-28)33(30,31)24-4-2-1-3-5-24/h1-13,25H,14-19H2. The molecule has 1 aliphatic rings. The normalized spacial score (nSPS) is 15.7. The molecule has 0 unspecified atom stereocenters. The first kappa shape index (κ1) is 24.2. The minimum Gasteiger partial charge on any atom is -0.367 e. The van der Waals surface area contributed by atoms with Gasteiger partial charge in [-0.2, -0.15) is 4.31 Å². The van der Waals surface area contributed by atoms with E-state index in [-0.39, 0.29) is 6.10 Å². The molecule has 3 aromatic carbocycles. The topological polar surface area (TPSA) is 49.9 Å². The van der Waals surface area contributed by atoms with Crippen molar-refractivity contribution in [1.82, 2.24) is 9.21 Å². The van der Waals surface area contributed by atoms with Crippen LogP contribution >= 0.6 is 23.2 Å². The molecule has 0 saturated carbocycles. The summed E-state index contributed by atoms with van der Waals surface area (Å²) in [6.07, 6.45) is -0.237. The number of hydrogen-bond donors (Lipinski definition) is 0. The molecule has 0 bridgehead atoms. The van der Waals surface area contributed by atoms with Crippen molar-refractivity contribution in [2.24, 2.45) is 0 Å². The van der Waals surface area contributed by atoms with Crippen molar-refractivity contribution < 1.29 is 13.2 Å². The fourth-order valence-corrected chi connectivity index (χ4v) is 5.59. The Morgan fingerprint density at radius 3 is 1.79 bits per heavy atom. The summed E-state index contributed by atoms with van der Waals surface area (Å²) in [6.45, 7) is 3.51. The summed E-state index contributed by atoms with van der Waals surface area (Å²) in [5, 5.41) is 1.36. The van der Waals surface area contributed by atoms with E-state index in [0.717, 1.165) is 17.7 Å². The van der Waals surface area contributed by atoms with Gasteiger partial charge in [-0.3, -0.25) is 4.90 Å². The second-order valence-electron chi connectivity index (χ2n) is 7.91. The van der Waals surface area contributed by atoms with Crippen LogP contribution in [0.2, 0.25) is 10.0 Å². The van der Waals surface area contributed by atoms with Crippen molar-refractivity contribution in [1.29, 1.82) is 0 Å². The molecule has 1 fully saturated rings. The highest BCUT2D eigenvalue weighted by Gasteiger charge is 2.28. The van der Waals surface area contributed by atoms with Gasteiger partial charge >= 0.3 is 0 Å². The predicted molar refractivity (Wildman–Crippen MR) is 132 cm³/mol. The van der Waals surface area contributed by atoms with E-state index in [9.17, 15) is 8.42 Å². The zero-order valence-electron chi connectivity index (χ0n) is 18.1. The lowest BCUT2D eigenvalue weighted by Gasteiger charge is -2.34. The smallest absolute Gasteiger partial charge is 0.243 e. The van der Waals surface area contributed by atoms with Crippen molar-refractivity contribution in [2.75, 3.05) is 39.3 Å². The summed E-state index contributed by atoms with van der Waals surface area (Å²) in [5.41, 5.74) is 2.03. The van der Waals surface area contributed by atoms with Gasteiger partial charge in [0.05, 0.1) is 11.5 Å². The Kier molecular flexibility index (Phi) is 8.07. The fraction of sp³-hybridized carbons (Fsp3) is 0.280. The Bertz CT molecular complexity index is 1090. The number of sulfonamides is 1. The molecule has 33 heavy (non-hydrogen) atoms. The van der Waals surface area contributed by atoms with Crippen LogP contribution in [-0.4, -0.2) is 57.0 Å². The van der Waals surface area contributed by atoms with Crippen LogP contribution in [-0.2, 0) is 14.8 Å². The van der Waals surface area contributed by atoms with E-state index in [1.54, 1.807) is 28.6 Å². The quantitative estimate of drug-likeness (QED) is 0.427. The number of rotatable bonds is 8. The van der Waals surface area contributed by atoms with Crippen LogP contribution in [0.5, 0.6) is 0 Å². The Hall–Kier alpha value is -1.93. The summed E-state index contributed by atoms with van der Waals surface area (Å²) in [5.74, 6) is 0. The summed E-state index contributed by atoms with van der Waals surface area (Å²) in [4.78, 5) is 2.58. The lowest BCUT2D eigenvalue weighted by Crippen LogP contribution is -2.49. The zero-order chi connectivity index (χ0) is 23.3. The Balaban J connectivity index is 1.34. The maximum atomic E-state index is 12.8. The van der Waals surface area contributed by atoms with E-state index in [4.69, 9.17) is 27.9 Å². The van der Waals surface area contributed by atoms with Crippen LogP contribution in [0.3, 0.4) is 0 Å². The molecule has 4 rings (SSSR count). The van der Waals surface area contributed by atoms with Crippen LogP contribution in [0.4, 0.5) is 0 Å². The lowest BCUT2D eigenvalue weighted by molar-refractivity contribution is 0.0527. The number of nitrogens with zero attached hydrogens (tertiary/aromatic N) is 2. The fourth-order valence-electron chi connectivity index (χ4n) is 3.89. The van der Waals surface area contributed by atoms with Gasteiger partial charge in [0.15, 0.2) is 0 Å². The highest BCUT2D eigenvalue weighted by molar-refractivity contribution is 7.89. The van der Waals surface area contributed by atoms with Crippen LogP contribution in [0.15, 0.2) is 83.8 Å². The van der Waals surface area contributed by atoms with Gasteiger partial charge in [-0.15, -0.1) is 0 Å². The summed E-state index contributed by atoms with van der Waals surface area (Å²) in [6, 6.07) is 23.9. The minimum absolute atomic E-state index is 0.237. The van der Waals surface area contributed by atoms with Gasteiger partial charge in [0, 0.05) is 42.8 Å². The maximum absolute atomic E-state index is 12.8. The Morgan fingerprint density at radius 2 is 1.27 bits per heavy atom. The highest BCUT2D eigenvalue weighted by atomic mass is 35.5. The molecule has 0 radical (unpaired) electrons. The van der Waals surface area contributed by atoms with Crippen molar-refractivity contribution >= 4 is 33.2 Å². The lowest BCUT2D eigenvalue weighted by atomic mass is 10.0. The maximum Gasteiger partial charge on any atom is 0.243 e. The van der Waals surface area contributed by atoms with E-state index in [1.807, 2.05) is 54.6 Å². The van der Waals surface area contributed by atoms with E-state index < -0.39 is 10.0 Å². The molecule has 3 aromatic rings. The number of hydrogen-bond acceptors (Lipinski definition) is 4. The number of halogens is 2. The summed E-state index contributed by atoms with van der Waals surface area (Å²) in [7, 11) is -3.44. The largest absolute Gasteiger partial charge is 0.367 e. The Labute approximate surface area is 205 Å². The van der Waals surface area contributed by atoms with Crippen LogP contribution in [0, 0.1) is 0 Å². The number of piperazine rings is 1. The van der Waals surface area contributed by atoms with Gasteiger partial charge in [0.1, 0.15) is 6.10 Å². The molecule has 0 atom stereocenters. The monoisotopic (exact) mass is 504 g/mol. The minimum atomic E-state index is -3.44. The molecule has 1 heterocycles. The molecule has 8 heteroatoms. The van der Waals surface area contributed by atoms with Gasteiger partial charge in [-0.25, -0.2) is 8.42 Å². The van der Waals surface area contributed by atoms with Crippen molar-refractivity contribution in [3.8, 4) is 0 Å². The number of ether oxygens (including phenoxy) is 1. The van der Waals surface area contributed by atoms with Crippen molar-refractivity contribution in [3.05, 3.63) is 100 Å². The molecule has 1 aliphatic heterocycles. The van der Waals surface area contributed by atoms with Crippen LogP contribution in [0.25, 0.3) is 0 Å². The molecule has 5 nitrogen and oxygen atoms in total. The second kappa shape index (κ2) is 11.0. The van der Waals surface area contributed by atoms with Crippen molar-refractivity contribution in [3.63, 3.8) is 0 Å². The van der Waals surface area contributed by atoms with Gasteiger partial charge in [-0.1, -0.05) is 65.7 Å². The van der Waals surface area contributed by atoms with Crippen molar-refractivity contribution in [2.45, 2.75) is 11.0 Å². The van der Waals surface area contributed by atoms with Crippen LogP contribution in [0.1, 0.15) is 17.2 Å². The van der Waals surface area contributed by atoms with Gasteiger partial charge < -0.3 is 4.74 Å². The van der Waals surface area contributed by atoms with E-state index in [2.05, 4.69) is 4.90 Å². The first-order valence-electron chi connectivity index (χ1n) is 10.8. The van der Waals surface area contributed by atoms with E-state index in [1.165, 1.54) is 0 Å². The van der Waals surface area contributed by atoms with Gasteiger partial charge in [-0.05, 0) is 47.5 Å². The second-order valence-corrected chi connectivity index (χ2v) is 10.7. The SMILES string of the molecule is O=S(=O)(c1ccccc1)N1CCN(CCOC(c2ccc(Cl)cc2)c2ccc(Cl)cc2)CC1. The average Bonchev–Trinajstić information content (AvgIpc) is 2.84. The summed E-state index contributed by atoms with van der Waals surface area (Å²) >= 11 is 12.1. The Morgan fingerprint density at radius 1 is 0.758 bits per heavy atom. The van der Waals surface area contributed by atoms with E-state index >= 15 is 0 Å². The zero-order valence-corrected chi connectivity index (χ0v) is 20.4. The average molecular weight is 505 g/mol.